The lowest BCUT2D eigenvalue weighted by atomic mass is 9.71. The standard InChI is InChI=1S/C25H26N2O3/c1-25(2)20-13-17(30-16-8-10-29-11-9-16)5-7-18(20)23(28)22-19-6-4-15(14-26-3)12-21(19)27-24(22)25/h4-7,12-14,16,27H,8-11H2,1-3H3/b26-14-. The van der Waals surface area contributed by atoms with Crippen molar-refractivity contribution in [1.29, 1.82) is 0 Å². The number of carbonyl (C=O) groups is 1. The predicted octanol–water partition coefficient (Wildman–Crippen LogP) is 4.64. The second-order valence-electron chi connectivity index (χ2n) is 8.66. The first-order chi connectivity index (χ1) is 14.5. The summed E-state index contributed by atoms with van der Waals surface area (Å²) in [5, 5.41) is 0.963. The molecule has 0 amide bonds. The molecule has 5 rings (SSSR count). The summed E-state index contributed by atoms with van der Waals surface area (Å²) in [6, 6.07) is 12.0. The third-order valence-corrected chi connectivity index (χ3v) is 6.33. The molecule has 154 valence electrons. The van der Waals surface area contributed by atoms with Crippen molar-refractivity contribution >= 4 is 22.9 Å². The molecule has 1 aliphatic heterocycles. The summed E-state index contributed by atoms with van der Waals surface area (Å²) >= 11 is 0. The van der Waals surface area contributed by atoms with E-state index in [1.165, 1.54) is 0 Å². The third kappa shape index (κ3) is 2.96. The zero-order chi connectivity index (χ0) is 20.9. The molecule has 0 saturated carbocycles. The van der Waals surface area contributed by atoms with Gasteiger partial charge in [0.25, 0.3) is 0 Å². The second kappa shape index (κ2) is 7.10. The minimum Gasteiger partial charge on any atom is -0.490 e. The molecule has 30 heavy (non-hydrogen) atoms. The maximum absolute atomic E-state index is 13.5. The number of hydrogen-bond acceptors (Lipinski definition) is 4. The molecule has 2 aliphatic rings. The summed E-state index contributed by atoms with van der Waals surface area (Å²) in [7, 11) is 1.76. The predicted molar refractivity (Wildman–Crippen MR) is 118 cm³/mol. The number of aliphatic imine (C=N–C) groups is 1. The molecule has 0 unspecified atom stereocenters. The van der Waals surface area contributed by atoms with Crippen molar-refractivity contribution in [2.45, 2.75) is 38.2 Å². The van der Waals surface area contributed by atoms with Crippen LogP contribution >= 0.6 is 0 Å². The number of nitrogens with zero attached hydrogens (tertiary/aromatic N) is 1. The minimum absolute atomic E-state index is 0.0695. The average Bonchev–Trinajstić information content (AvgIpc) is 3.13. The van der Waals surface area contributed by atoms with Crippen LogP contribution in [0.1, 0.15) is 59.4 Å². The van der Waals surface area contributed by atoms with E-state index < -0.39 is 0 Å². The van der Waals surface area contributed by atoms with Gasteiger partial charge in [-0.3, -0.25) is 9.79 Å². The van der Waals surface area contributed by atoms with Gasteiger partial charge in [-0.05, 0) is 35.4 Å². The number of fused-ring (bicyclic) bond motifs is 4. The molecule has 0 radical (unpaired) electrons. The summed E-state index contributed by atoms with van der Waals surface area (Å²) in [6.07, 6.45) is 3.78. The van der Waals surface area contributed by atoms with Gasteiger partial charge in [0.05, 0.1) is 18.8 Å². The van der Waals surface area contributed by atoms with Crippen LogP contribution in [0, 0.1) is 0 Å². The van der Waals surface area contributed by atoms with Gasteiger partial charge >= 0.3 is 0 Å². The van der Waals surface area contributed by atoms with Crippen LogP contribution in [-0.2, 0) is 10.2 Å². The fraction of sp³-hybridized carbons (Fsp3) is 0.360. The van der Waals surface area contributed by atoms with Crippen molar-refractivity contribution in [2.24, 2.45) is 4.99 Å². The number of aromatic amines is 1. The van der Waals surface area contributed by atoms with Crippen LogP contribution in [0.5, 0.6) is 5.75 Å². The van der Waals surface area contributed by atoms with Gasteiger partial charge in [0, 0.05) is 53.7 Å². The molecule has 5 heteroatoms. The fourth-order valence-electron chi connectivity index (χ4n) is 4.72. The average molecular weight is 402 g/mol. The Labute approximate surface area is 176 Å². The maximum atomic E-state index is 13.5. The molecule has 3 aromatic rings. The Bertz CT molecular complexity index is 1170. The van der Waals surface area contributed by atoms with E-state index in [1.807, 2.05) is 42.6 Å². The number of ether oxygens (including phenoxy) is 2. The van der Waals surface area contributed by atoms with Gasteiger partial charge in [-0.25, -0.2) is 0 Å². The Balaban J connectivity index is 1.59. The Morgan fingerprint density at radius 1 is 1.17 bits per heavy atom. The molecule has 5 nitrogen and oxygen atoms in total. The second-order valence-corrected chi connectivity index (χ2v) is 8.66. The number of carbonyl (C=O) groups excluding carboxylic acids is 1. The minimum atomic E-state index is -0.342. The topological polar surface area (TPSA) is 63.7 Å². The molecule has 0 spiro atoms. The van der Waals surface area contributed by atoms with Gasteiger partial charge in [-0.2, -0.15) is 0 Å². The van der Waals surface area contributed by atoms with Crippen molar-refractivity contribution in [3.63, 3.8) is 0 Å². The highest BCUT2D eigenvalue weighted by Crippen LogP contribution is 2.44. The molecule has 1 N–H and O–H groups in total. The summed E-state index contributed by atoms with van der Waals surface area (Å²) in [6.45, 7) is 5.81. The van der Waals surface area contributed by atoms with E-state index in [9.17, 15) is 4.79 Å². The number of rotatable bonds is 3. The maximum Gasteiger partial charge on any atom is 0.195 e. The molecule has 1 aromatic heterocycles. The van der Waals surface area contributed by atoms with E-state index in [2.05, 4.69) is 23.8 Å². The van der Waals surface area contributed by atoms with Crippen LogP contribution < -0.4 is 4.74 Å². The number of hydrogen-bond donors (Lipinski definition) is 1. The smallest absolute Gasteiger partial charge is 0.195 e. The highest BCUT2D eigenvalue weighted by molar-refractivity contribution is 6.20. The van der Waals surface area contributed by atoms with E-state index >= 15 is 0 Å². The van der Waals surface area contributed by atoms with E-state index in [0.29, 0.717) is 0 Å². The molecule has 1 aliphatic carbocycles. The summed E-state index contributed by atoms with van der Waals surface area (Å²) in [5.41, 5.74) is 5.14. The molecule has 2 heterocycles. The van der Waals surface area contributed by atoms with Crippen molar-refractivity contribution in [3.05, 3.63) is 64.3 Å². The molecular weight excluding hydrogens is 376 g/mol. The Morgan fingerprint density at radius 3 is 2.73 bits per heavy atom. The van der Waals surface area contributed by atoms with E-state index in [1.54, 1.807) is 7.05 Å². The quantitative estimate of drug-likeness (QED) is 0.649. The lowest BCUT2D eigenvalue weighted by Crippen LogP contribution is -2.31. The highest BCUT2D eigenvalue weighted by Gasteiger charge is 2.40. The highest BCUT2D eigenvalue weighted by atomic mass is 16.5. The van der Waals surface area contributed by atoms with Crippen LogP contribution in [0.4, 0.5) is 0 Å². The van der Waals surface area contributed by atoms with E-state index in [0.717, 1.165) is 70.7 Å². The number of H-pyrrole nitrogens is 1. The summed E-state index contributed by atoms with van der Waals surface area (Å²) < 4.78 is 11.7. The molecular formula is C25H26N2O3. The Morgan fingerprint density at radius 2 is 1.97 bits per heavy atom. The van der Waals surface area contributed by atoms with Crippen molar-refractivity contribution in [2.75, 3.05) is 20.3 Å². The first-order valence-electron chi connectivity index (χ1n) is 10.5. The molecule has 1 fully saturated rings. The van der Waals surface area contributed by atoms with Crippen LogP contribution in [-0.4, -0.2) is 43.3 Å². The number of ketones is 1. The SMILES string of the molecule is C/N=C\c1ccc2c3c([nH]c2c1)C(C)(C)c1cc(OC2CCOCC2)ccc1C3=O. The van der Waals surface area contributed by atoms with Crippen molar-refractivity contribution in [3.8, 4) is 5.75 Å². The zero-order valence-corrected chi connectivity index (χ0v) is 17.6. The van der Waals surface area contributed by atoms with Crippen molar-refractivity contribution < 1.29 is 14.3 Å². The Hall–Kier alpha value is -2.92. The van der Waals surface area contributed by atoms with Crippen LogP contribution in [0.3, 0.4) is 0 Å². The lowest BCUT2D eigenvalue weighted by molar-refractivity contribution is 0.0255. The van der Waals surface area contributed by atoms with Gasteiger partial charge in [0.15, 0.2) is 5.78 Å². The number of aromatic nitrogens is 1. The lowest BCUT2D eigenvalue weighted by Gasteiger charge is -2.33. The first-order valence-corrected chi connectivity index (χ1v) is 10.5. The molecule has 0 bridgehead atoms. The Kier molecular flexibility index (Phi) is 4.51. The fourth-order valence-corrected chi connectivity index (χ4v) is 4.72. The van der Waals surface area contributed by atoms with Crippen LogP contribution in [0.15, 0.2) is 41.4 Å². The monoisotopic (exact) mass is 402 g/mol. The molecule has 0 atom stereocenters. The summed E-state index contributed by atoms with van der Waals surface area (Å²) in [4.78, 5) is 21.1. The first kappa shape index (κ1) is 19.1. The van der Waals surface area contributed by atoms with Gasteiger partial charge in [0.2, 0.25) is 0 Å². The third-order valence-electron chi connectivity index (χ3n) is 6.33. The zero-order valence-electron chi connectivity index (χ0n) is 17.6. The van der Waals surface area contributed by atoms with Gasteiger partial charge in [0.1, 0.15) is 11.9 Å². The van der Waals surface area contributed by atoms with Crippen molar-refractivity contribution in [1.82, 2.24) is 4.98 Å². The van der Waals surface area contributed by atoms with Crippen LogP contribution in [0.2, 0.25) is 0 Å². The molecule has 1 saturated heterocycles. The normalized spacial score (nSPS) is 18.6. The van der Waals surface area contributed by atoms with E-state index in [4.69, 9.17) is 9.47 Å². The number of benzene rings is 2. The molecule has 2 aromatic carbocycles. The van der Waals surface area contributed by atoms with Gasteiger partial charge in [-0.1, -0.05) is 26.0 Å². The van der Waals surface area contributed by atoms with Crippen LogP contribution in [0.25, 0.3) is 10.9 Å². The van der Waals surface area contributed by atoms with Gasteiger partial charge < -0.3 is 14.5 Å². The summed E-state index contributed by atoms with van der Waals surface area (Å²) in [5.74, 6) is 0.891. The number of nitrogens with one attached hydrogen (secondary N) is 1. The van der Waals surface area contributed by atoms with E-state index in [-0.39, 0.29) is 17.3 Å². The van der Waals surface area contributed by atoms with Gasteiger partial charge in [-0.15, -0.1) is 0 Å². The largest absolute Gasteiger partial charge is 0.490 e.